The van der Waals surface area contributed by atoms with Crippen LogP contribution >= 0.6 is 0 Å². The van der Waals surface area contributed by atoms with Gasteiger partial charge >= 0.3 is 5.97 Å². The molecular formula is C24H28F2N2O5. The lowest BCUT2D eigenvalue weighted by atomic mass is 9.89. The molecule has 0 amide bonds. The fraction of sp³-hybridized carbons (Fsp3) is 0.500. The van der Waals surface area contributed by atoms with Gasteiger partial charge in [-0.3, -0.25) is 0 Å². The Morgan fingerprint density at radius 2 is 2.03 bits per heavy atom. The molecule has 0 bridgehead atoms. The summed E-state index contributed by atoms with van der Waals surface area (Å²) in [5.41, 5.74) is 0.783. The number of hydrogen-bond acceptors (Lipinski definition) is 6. The lowest BCUT2D eigenvalue weighted by Gasteiger charge is -2.35. The van der Waals surface area contributed by atoms with E-state index in [1.165, 1.54) is 6.20 Å². The van der Waals surface area contributed by atoms with Gasteiger partial charge in [0.1, 0.15) is 5.54 Å². The number of ether oxygens (including phenoxy) is 3. The van der Waals surface area contributed by atoms with Crippen LogP contribution in [-0.2, 0) is 20.9 Å². The van der Waals surface area contributed by atoms with E-state index in [-0.39, 0.29) is 30.8 Å². The highest BCUT2D eigenvalue weighted by atomic mass is 19.3. The van der Waals surface area contributed by atoms with E-state index in [0.717, 1.165) is 12.8 Å². The summed E-state index contributed by atoms with van der Waals surface area (Å²) in [5.74, 6) is -1.03. The molecule has 1 aromatic carbocycles. The first-order chi connectivity index (χ1) is 15.9. The van der Waals surface area contributed by atoms with Gasteiger partial charge < -0.3 is 24.6 Å². The van der Waals surface area contributed by atoms with Gasteiger partial charge in [0.25, 0.3) is 6.43 Å². The number of benzene rings is 1. The summed E-state index contributed by atoms with van der Waals surface area (Å²) in [7, 11) is 0. The molecule has 1 saturated heterocycles. The lowest BCUT2D eigenvalue weighted by Crippen LogP contribution is -2.50. The largest absolute Gasteiger partial charge is 0.480 e. The SMILES string of the molecule is CCOc1nccc(-c2ccc(NC3(C(=O)O)CCOCC3)cc2COC2CC2)c1C(F)F. The number of carboxylic acids is 1. The van der Waals surface area contributed by atoms with E-state index in [4.69, 9.17) is 14.2 Å². The molecule has 2 aromatic rings. The topological polar surface area (TPSA) is 89.9 Å². The van der Waals surface area contributed by atoms with E-state index in [9.17, 15) is 18.7 Å². The third-order valence-electron chi connectivity index (χ3n) is 5.99. The molecule has 2 fully saturated rings. The number of alkyl halides is 2. The average Bonchev–Trinajstić information content (AvgIpc) is 3.63. The van der Waals surface area contributed by atoms with Crippen LogP contribution in [0.15, 0.2) is 30.5 Å². The highest BCUT2D eigenvalue weighted by molar-refractivity contribution is 5.83. The van der Waals surface area contributed by atoms with Crippen LogP contribution in [0.2, 0.25) is 0 Å². The molecule has 7 nitrogen and oxygen atoms in total. The smallest absolute Gasteiger partial charge is 0.329 e. The number of carboxylic acid groups (broad SMARTS) is 1. The van der Waals surface area contributed by atoms with E-state index >= 15 is 0 Å². The van der Waals surface area contributed by atoms with E-state index in [2.05, 4.69) is 10.3 Å². The molecule has 0 unspecified atom stereocenters. The van der Waals surface area contributed by atoms with Gasteiger partial charge in [0.2, 0.25) is 5.88 Å². The van der Waals surface area contributed by atoms with Crippen LogP contribution < -0.4 is 10.1 Å². The van der Waals surface area contributed by atoms with Gasteiger partial charge in [-0.2, -0.15) is 0 Å². The van der Waals surface area contributed by atoms with Crippen molar-refractivity contribution in [2.24, 2.45) is 0 Å². The fourth-order valence-electron chi connectivity index (χ4n) is 4.04. The van der Waals surface area contributed by atoms with Crippen molar-refractivity contribution in [3.63, 3.8) is 0 Å². The number of halogens is 2. The minimum Gasteiger partial charge on any atom is -0.480 e. The number of nitrogens with zero attached hydrogens (tertiary/aromatic N) is 1. The molecule has 0 radical (unpaired) electrons. The normalized spacial score (nSPS) is 17.7. The standard InChI is InChI=1S/C24H28F2N2O5/c1-2-32-22-20(21(25)26)19(7-10-27-22)18-6-3-16(13-15(18)14-33-17-4-5-17)28-24(23(29)30)8-11-31-12-9-24/h3,6-7,10,13,17,21,28H,2,4-5,8-9,11-12,14H2,1H3,(H,29,30). The van der Waals surface area contributed by atoms with Crippen molar-refractivity contribution in [3.8, 4) is 17.0 Å². The van der Waals surface area contributed by atoms with E-state index in [1.807, 2.05) is 0 Å². The molecule has 1 aliphatic carbocycles. The average molecular weight is 462 g/mol. The van der Waals surface area contributed by atoms with Crippen LogP contribution in [0.1, 0.15) is 50.2 Å². The highest BCUT2D eigenvalue weighted by Gasteiger charge is 2.40. The Bertz CT molecular complexity index is 991. The Morgan fingerprint density at radius 1 is 1.27 bits per heavy atom. The molecule has 1 saturated carbocycles. The van der Waals surface area contributed by atoms with Crippen LogP contribution in [0.4, 0.5) is 14.5 Å². The van der Waals surface area contributed by atoms with Gasteiger partial charge in [-0.25, -0.2) is 18.6 Å². The minimum atomic E-state index is -2.78. The van der Waals surface area contributed by atoms with Gasteiger partial charge in [0.15, 0.2) is 0 Å². The number of pyridine rings is 1. The van der Waals surface area contributed by atoms with Gasteiger partial charge in [-0.05, 0) is 54.7 Å². The first kappa shape index (κ1) is 23.4. The number of anilines is 1. The first-order valence-electron chi connectivity index (χ1n) is 11.2. The van der Waals surface area contributed by atoms with Crippen molar-refractivity contribution >= 4 is 11.7 Å². The van der Waals surface area contributed by atoms with Crippen molar-refractivity contribution in [2.45, 2.75) is 57.3 Å². The number of aliphatic carboxylic acids is 1. The predicted molar refractivity (Wildman–Crippen MR) is 118 cm³/mol. The molecule has 1 aliphatic heterocycles. The molecule has 4 rings (SSSR count). The molecule has 2 heterocycles. The maximum absolute atomic E-state index is 14.0. The van der Waals surface area contributed by atoms with E-state index in [1.54, 1.807) is 31.2 Å². The summed E-state index contributed by atoms with van der Waals surface area (Å²) in [6.07, 6.45) is 1.45. The molecule has 178 valence electrons. The van der Waals surface area contributed by atoms with Crippen LogP contribution in [0.5, 0.6) is 5.88 Å². The predicted octanol–water partition coefficient (Wildman–Crippen LogP) is 4.81. The molecule has 33 heavy (non-hydrogen) atoms. The molecule has 0 spiro atoms. The van der Waals surface area contributed by atoms with Crippen molar-refractivity contribution in [1.29, 1.82) is 0 Å². The lowest BCUT2D eigenvalue weighted by molar-refractivity contribution is -0.145. The molecule has 1 aromatic heterocycles. The van der Waals surface area contributed by atoms with Crippen molar-refractivity contribution in [3.05, 3.63) is 41.6 Å². The fourth-order valence-corrected chi connectivity index (χ4v) is 4.04. The monoisotopic (exact) mass is 462 g/mol. The summed E-state index contributed by atoms with van der Waals surface area (Å²) >= 11 is 0. The van der Waals surface area contributed by atoms with Gasteiger partial charge in [0, 0.05) is 37.9 Å². The molecule has 2 N–H and O–H groups in total. The number of rotatable bonds is 10. The number of nitrogens with one attached hydrogen (secondary N) is 1. The van der Waals surface area contributed by atoms with Crippen molar-refractivity contribution in [1.82, 2.24) is 4.98 Å². The number of hydrogen-bond donors (Lipinski definition) is 2. The Hall–Kier alpha value is -2.78. The maximum atomic E-state index is 14.0. The Kier molecular flexibility index (Phi) is 7.09. The van der Waals surface area contributed by atoms with Crippen LogP contribution in [0.25, 0.3) is 11.1 Å². The summed E-state index contributed by atoms with van der Waals surface area (Å²) in [6, 6.07) is 6.77. The number of aromatic nitrogens is 1. The Balaban J connectivity index is 1.73. The molecule has 0 atom stereocenters. The summed E-state index contributed by atoms with van der Waals surface area (Å²) in [4.78, 5) is 16.0. The van der Waals surface area contributed by atoms with Crippen LogP contribution in [-0.4, -0.2) is 47.5 Å². The van der Waals surface area contributed by atoms with Gasteiger partial charge in [-0.15, -0.1) is 0 Å². The summed E-state index contributed by atoms with van der Waals surface area (Å²) in [5, 5.41) is 13.0. The number of carbonyl (C=O) groups is 1. The zero-order chi connectivity index (χ0) is 23.4. The van der Waals surface area contributed by atoms with Crippen molar-refractivity contribution in [2.75, 3.05) is 25.1 Å². The maximum Gasteiger partial charge on any atom is 0.329 e. The van der Waals surface area contributed by atoms with Crippen LogP contribution in [0, 0.1) is 0 Å². The third-order valence-corrected chi connectivity index (χ3v) is 5.99. The van der Waals surface area contributed by atoms with E-state index in [0.29, 0.717) is 48.4 Å². The highest BCUT2D eigenvalue weighted by Crippen LogP contribution is 2.40. The third kappa shape index (κ3) is 5.25. The Labute approximate surface area is 191 Å². The van der Waals surface area contributed by atoms with Crippen molar-refractivity contribution < 1.29 is 32.9 Å². The Morgan fingerprint density at radius 3 is 2.67 bits per heavy atom. The summed E-state index contributed by atoms with van der Waals surface area (Å²) < 4.78 is 44.7. The minimum absolute atomic E-state index is 0.0895. The quantitative estimate of drug-likeness (QED) is 0.524. The molecule has 2 aliphatic rings. The second kappa shape index (κ2) is 10.0. The van der Waals surface area contributed by atoms with Crippen LogP contribution in [0.3, 0.4) is 0 Å². The van der Waals surface area contributed by atoms with Gasteiger partial charge in [0.05, 0.1) is 24.9 Å². The first-order valence-corrected chi connectivity index (χ1v) is 11.2. The van der Waals surface area contributed by atoms with E-state index < -0.39 is 17.9 Å². The second-order valence-electron chi connectivity index (χ2n) is 8.32. The zero-order valence-corrected chi connectivity index (χ0v) is 18.5. The van der Waals surface area contributed by atoms with Gasteiger partial charge in [-0.1, -0.05) is 6.07 Å². The molecular weight excluding hydrogens is 434 g/mol. The zero-order valence-electron chi connectivity index (χ0n) is 18.5. The summed E-state index contributed by atoms with van der Waals surface area (Å²) in [6.45, 7) is 2.87. The second-order valence-corrected chi connectivity index (χ2v) is 8.32. The molecule has 9 heteroatoms.